The zero-order valence-corrected chi connectivity index (χ0v) is 16.5. The van der Waals surface area contributed by atoms with Gasteiger partial charge in [0.2, 0.25) is 0 Å². The first-order valence-corrected chi connectivity index (χ1v) is 10.8. The van der Waals surface area contributed by atoms with Gasteiger partial charge in [0, 0.05) is 0 Å². The van der Waals surface area contributed by atoms with Crippen LogP contribution in [-0.2, 0) is 0 Å². The molecule has 2 atom stereocenters. The minimum Gasteiger partial charge on any atom is -0.0654 e. The summed E-state index contributed by atoms with van der Waals surface area (Å²) in [7, 11) is 0. The molecular weight excluding hydrogens is 264 g/mol. The van der Waals surface area contributed by atoms with E-state index >= 15 is 0 Å². The average Bonchev–Trinajstić information content (AvgIpc) is 2.53. The van der Waals surface area contributed by atoms with E-state index in [4.69, 9.17) is 0 Å². The molecule has 0 N–H and O–H groups in total. The molecule has 0 bridgehead atoms. The van der Waals surface area contributed by atoms with Crippen molar-refractivity contribution in [3.63, 3.8) is 0 Å². The molecule has 0 aromatic carbocycles. The fraction of sp³-hybridized carbons (Fsp3) is 1.00. The summed E-state index contributed by atoms with van der Waals surface area (Å²) >= 11 is 0. The van der Waals surface area contributed by atoms with Gasteiger partial charge >= 0.3 is 0 Å². The second-order valence-corrected chi connectivity index (χ2v) is 7.60. The third-order valence-electron chi connectivity index (χ3n) is 5.26. The smallest absolute Gasteiger partial charge is 0.0412 e. The third kappa shape index (κ3) is 13.6. The lowest BCUT2D eigenvalue weighted by Crippen LogP contribution is -2.10. The molecule has 0 rings (SSSR count). The van der Waals surface area contributed by atoms with Gasteiger partial charge in [0.25, 0.3) is 0 Å². The van der Waals surface area contributed by atoms with Crippen LogP contribution in [0.4, 0.5) is 0 Å². The topological polar surface area (TPSA) is 0 Å². The summed E-state index contributed by atoms with van der Waals surface area (Å²) in [6.07, 6.45) is 23.2. The van der Waals surface area contributed by atoms with E-state index in [2.05, 4.69) is 27.7 Å². The summed E-state index contributed by atoms with van der Waals surface area (Å²) in [5.74, 6) is 2.05. The maximum absolute atomic E-state index is 2.38. The molecule has 0 aromatic heterocycles. The van der Waals surface area contributed by atoms with Gasteiger partial charge in [0.1, 0.15) is 0 Å². The van der Waals surface area contributed by atoms with Crippen molar-refractivity contribution in [3.8, 4) is 0 Å². The Kier molecular flexibility index (Phi) is 17.4. The first-order chi connectivity index (χ1) is 10.8. The SMILES string of the molecule is CCCCCCC(CCC)CC(CCCC)CCCCCC. The lowest BCUT2D eigenvalue weighted by molar-refractivity contribution is 0.288. The molecule has 0 fully saturated rings. The molecule has 134 valence electrons. The first kappa shape index (κ1) is 22.0. The normalized spacial score (nSPS) is 14.2. The van der Waals surface area contributed by atoms with E-state index in [0.717, 1.165) is 11.8 Å². The van der Waals surface area contributed by atoms with Crippen LogP contribution >= 0.6 is 0 Å². The van der Waals surface area contributed by atoms with E-state index in [-0.39, 0.29) is 0 Å². The Morgan fingerprint density at radius 3 is 1.32 bits per heavy atom. The number of hydrogen-bond acceptors (Lipinski definition) is 0. The van der Waals surface area contributed by atoms with Crippen LogP contribution in [0.25, 0.3) is 0 Å². The van der Waals surface area contributed by atoms with Crippen molar-refractivity contribution in [1.29, 1.82) is 0 Å². The largest absolute Gasteiger partial charge is 0.0654 e. The lowest BCUT2D eigenvalue weighted by Gasteiger charge is -2.24. The Balaban J connectivity index is 4.14. The van der Waals surface area contributed by atoms with Crippen LogP contribution in [0, 0.1) is 11.8 Å². The van der Waals surface area contributed by atoms with Crippen LogP contribution in [0.2, 0.25) is 0 Å². The Hall–Kier alpha value is 0. The van der Waals surface area contributed by atoms with Crippen LogP contribution in [0.1, 0.15) is 130 Å². The minimum absolute atomic E-state index is 1.02. The van der Waals surface area contributed by atoms with Gasteiger partial charge in [0.15, 0.2) is 0 Å². The van der Waals surface area contributed by atoms with Gasteiger partial charge in [-0.2, -0.15) is 0 Å². The molecule has 0 aliphatic carbocycles. The van der Waals surface area contributed by atoms with Crippen LogP contribution < -0.4 is 0 Å². The minimum atomic E-state index is 1.02. The van der Waals surface area contributed by atoms with E-state index in [9.17, 15) is 0 Å². The van der Waals surface area contributed by atoms with Crippen molar-refractivity contribution >= 4 is 0 Å². The predicted octanol–water partition coefficient (Wildman–Crippen LogP) is 8.54. The highest BCUT2D eigenvalue weighted by molar-refractivity contribution is 4.68. The number of hydrogen-bond donors (Lipinski definition) is 0. The fourth-order valence-electron chi connectivity index (χ4n) is 3.85. The molecule has 0 aliphatic rings. The highest BCUT2D eigenvalue weighted by Gasteiger charge is 2.15. The van der Waals surface area contributed by atoms with Gasteiger partial charge in [-0.3, -0.25) is 0 Å². The van der Waals surface area contributed by atoms with Crippen LogP contribution in [-0.4, -0.2) is 0 Å². The zero-order chi connectivity index (χ0) is 16.5. The maximum atomic E-state index is 2.38. The van der Waals surface area contributed by atoms with Crippen molar-refractivity contribution in [2.75, 3.05) is 0 Å². The molecule has 2 unspecified atom stereocenters. The standard InChI is InChI=1S/C22H46/c1-5-9-12-14-18-21(16-8-4)20-22(17-11-7-3)19-15-13-10-6-2/h21-22H,5-20H2,1-4H3. The summed E-state index contributed by atoms with van der Waals surface area (Å²) in [6.45, 7) is 9.37. The van der Waals surface area contributed by atoms with Gasteiger partial charge in [-0.25, -0.2) is 0 Å². The van der Waals surface area contributed by atoms with Gasteiger partial charge < -0.3 is 0 Å². The predicted molar refractivity (Wildman–Crippen MR) is 104 cm³/mol. The van der Waals surface area contributed by atoms with Crippen LogP contribution in [0.5, 0.6) is 0 Å². The molecule has 0 aliphatic heterocycles. The van der Waals surface area contributed by atoms with Crippen molar-refractivity contribution < 1.29 is 0 Å². The quantitative estimate of drug-likeness (QED) is 0.236. The molecule has 0 saturated heterocycles. The van der Waals surface area contributed by atoms with E-state index in [0.29, 0.717) is 0 Å². The molecule has 0 heterocycles. The average molecular weight is 311 g/mol. The molecular formula is C22H46. The maximum Gasteiger partial charge on any atom is -0.0412 e. The molecule has 0 amide bonds. The Morgan fingerprint density at radius 1 is 0.409 bits per heavy atom. The van der Waals surface area contributed by atoms with Crippen molar-refractivity contribution in [2.24, 2.45) is 11.8 Å². The zero-order valence-electron chi connectivity index (χ0n) is 16.5. The second kappa shape index (κ2) is 17.4. The van der Waals surface area contributed by atoms with Crippen LogP contribution in [0.15, 0.2) is 0 Å². The van der Waals surface area contributed by atoms with Crippen molar-refractivity contribution in [1.82, 2.24) is 0 Å². The summed E-state index contributed by atoms with van der Waals surface area (Å²) < 4.78 is 0. The van der Waals surface area contributed by atoms with Gasteiger partial charge in [-0.1, -0.05) is 124 Å². The number of unbranched alkanes of at least 4 members (excludes halogenated alkanes) is 7. The number of rotatable bonds is 17. The molecule has 22 heavy (non-hydrogen) atoms. The monoisotopic (exact) mass is 310 g/mol. The van der Waals surface area contributed by atoms with E-state index in [1.165, 1.54) is 103 Å². The summed E-state index contributed by atoms with van der Waals surface area (Å²) in [5, 5.41) is 0. The molecule has 0 saturated carbocycles. The summed E-state index contributed by atoms with van der Waals surface area (Å²) in [5.41, 5.74) is 0. The van der Waals surface area contributed by atoms with Gasteiger partial charge in [-0.15, -0.1) is 0 Å². The van der Waals surface area contributed by atoms with Crippen molar-refractivity contribution in [2.45, 2.75) is 130 Å². The first-order valence-electron chi connectivity index (χ1n) is 10.8. The van der Waals surface area contributed by atoms with Gasteiger partial charge in [0.05, 0.1) is 0 Å². The Labute approximate surface area is 142 Å². The molecule has 0 heteroatoms. The lowest BCUT2D eigenvalue weighted by atomic mass is 9.82. The highest BCUT2D eigenvalue weighted by Crippen LogP contribution is 2.29. The fourth-order valence-corrected chi connectivity index (χ4v) is 3.85. The molecule has 0 spiro atoms. The Morgan fingerprint density at radius 2 is 0.864 bits per heavy atom. The van der Waals surface area contributed by atoms with E-state index in [1.54, 1.807) is 0 Å². The molecule has 0 radical (unpaired) electrons. The van der Waals surface area contributed by atoms with E-state index < -0.39 is 0 Å². The van der Waals surface area contributed by atoms with Crippen molar-refractivity contribution in [3.05, 3.63) is 0 Å². The van der Waals surface area contributed by atoms with Crippen LogP contribution in [0.3, 0.4) is 0 Å². The summed E-state index contributed by atoms with van der Waals surface area (Å²) in [6, 6.07) is 0. The van der Waals surface area contributed by atoms with E-state index in [1.807, 2.05) is 0 Å². The second-order valence-electron chi connectivity index (χ2n) is 7.60. The summed E-state index contributed by atoms with van der Waals surface area (Å²) in [4.78, 5) is 0. The molecule has 0 nitrogen and oxygen atoms in total. The third-order valence-corrected chi connectivity index (χ3v) is 5.26. The Bertz CT molecular complexity index is 196. The highest BCUT2D eigenvalue weighted by atomic mass is 14.2. The molecule has 0 aromatic rings. The van der Waals surface area contributed by atoms with Gasteiger partial charge in [-0.05, 0) is 18.3 Å².